The molecule has 2 aliphatic rings. The summed E-state index contributed by atoms with van der Waals surface area (Å²) in [4.78, 5) is 12.6. The van der Waals surface area contributed by atoms with Crippen LogP contribution in [0.5, 0.6) is 5.75 Å². The van der Waals surface area contributed by atoms with Crippen molar-refractivity contribution in [3.8, 4) is 5.75 Å². The number of carbonyl (C=O) groups is 1. The van der Waals surface area contributed by atoms with Crippen molar-refractivity contribution in [3.05, 3.63) is 23.8 Å². The minimum Gasteiger partial charge on any atom is -0.495 e. The van der Waals surface area contributed by atoms with Gasteiger partial charge < -0.3 is 20.1 Å². The van der Waals surface area contributed by atoms with Gasteiger partial charge in [0.15, 0.2) is 0 Å². The highest BCUT2D eigenvalue weighted by molar-refractivity contribution is 7.89. The van der Waals surface area contributed by atoms with Crippen LogP contribution >= 0.6 is 0 Å². The molecule has 26 heavy (non-hydrogen) atoms. The van der Waals surface area contributed by atoms with Crippen molar-refractivity contribution in [2.75, 3.05) is 46.5 Å². The van der Waals surface area contributed by atoms with Crippen LogP contribution in [0.15, 0.2) is 23.1 Å². The van der Waals surface area contributed by atoms with Gasteiger partial charge in [0.05, 0.1) is 20.3 Å². The number of sulfonamides is 1. The van der Waals surface area contributed by atoms with Gasteiger partial charge in [-0.3, -0.25) is 4.79 Å². The first-order chi connectivity index (χ1) is 12.5. The number of amides is 1. The SMILES string of the molecule is COc1ccc(C(=O)N[C@H]2CCCNC2)cc1S(=O)(=O)N1CCOCC1. The smallest absolute Gasteiger partial charge is 0.251 e. The topological polar surface area (TPSA) is 97.0 Å². The minimum atomic E-state index is -3.76. The molecular formula is C17H25N3O5S. The van der Waals surface area contributed by atoms with Crippen LogP contribution in [0.25, 0.3) is 0 Å². The molecule has 2 fully saturated rings. The first-order valence-corrected chi connectivity index (χ1v) is 10.2. The number of hydrogen-bond acceptors (Lipinski definition) is 6. The molecule has 0 aliphatic carbocycles. The van der Waals surface area contributed by atoms with Crippen LogP contribution in [-0.2, 0) is 14.8 Å². The molecule has 144 valence electrons. The van der Waals surface area contributed by atoms with Crippen molar-refractivity contribution in [1.29, 1.82) is 0 Å². The number of morpholine rings is 1. The number of ether oxygens (including phenoxy) is 2. The van der Waals surface area contributed by atoms with Crippen molar-refractivity contribution in [3.63, 3.8) is 0 Å². The summed E-state index contributed by atoms with van der Waals surface area (Å²) in [5.74, 6) is -0.0489. The van der Waals surface area contributed by atoms with E-state index in [1.54, 1.807) is 6.07 Å². The Morgan fingerprint density at radius 3 is 2.77 bits per heavy atom. The molecular weight excluding hydrogens is 358 g/mol. The molecule has 0 spiro atoms. The van der Waals surface area contributed by atoms with E-state index in [1.165, 1.54) is 23.5 Å². The number of benzene rings is 1. The van der Waals surface area contributed by atoms with Crippen molar-refractivity contribution in [2.24, 2.45) is 0 Å². The summed E-state index contributed by atoms with van der Waals surface area (Å²) in [6, 6.07) is 4.57. The maximum atomic E-state index is 13.0. The fourth-order valence-electron chi connectivity index (χ4n) is 3.19. The van der Waals surface area contributed by atoms with E-state index in [9.17, 15) is 13.2 Å². The van der Waals surface area contributed by atoms with E-state index in [0.717, 1.165) is 25.9 Å². The fraction of sp³-hybridized carbons (Fsp3) is 0.588. The first-order valence-electron chi connectivity index (χ1n) is 8.80. The molecule has 0 radical (unpaired) electrons. The molecule has 1 aromatic rings. The van der Waals surface area contributed by atoms with Crippen LogP contribution < -0.4 is 15.4 Å². The fourth-order valence-corrected chi connectivity index (χ4v) is 4.78. The average Bonchev–Trinajstić information content (AvgIpc) is 2.69. The Morgan fingerprint density at radius 2 is 2.12 bits per heavy atom. The molecule has 0 unspecified atom stereocenters. The number of methoxy groups -OCH3 is 1. The Labute approximate surface area is 153 Å². The Bertz CT molecular complexity index is 741. The molecule has 8 nitrogen and oxygen atoms in total. The molecule has 1 atom stereocenters. The van der Waals surface area contributed by atoms with Gasteiger partial charge in [-0.25, -0.2) is 8.42 Å². The molecule has 0 bridgehead atoms. The molecule has 2 N–H and O–H groups in total. The lowest BCUT2D eigenvalue weighted by atomic mass is 10.1. The summed E-state index contributed by atoms with van der Waals surface area (Å²) in [6.07, 6.45) is 1.91. The molecule has 2 heterocycles. The first kappa shape index (κ1) is 19.1. The van der Waals surface area contributed by atoms with E-state index in [-0.39, 0.29) is 35.7 Å². The van der Waals surface area contributed by atoms with Gasteiger partial charge in [0, 0.05) is 31.2 Å². The lowest BCUT2D eigenvalue weighted by Gasteiger charge is -2.27. The highest BCUT2D eigenvalue weighted by atomic mass is 32.2. The third kappa shape index (κ3) is 4.17. The number of nitrogens with zero attached hydrogens (tertiary/aromatic N) is 1. The summed E-state index contributed by atoms with van der Waals surface area (Å²) in [5, 5.41) is 6.20. The second-order valence-electron chi connectivity index (χ2n) is 6.40. The van der Waals surface area contributed by atoms with Crippen molar-refractivity contribution < 1.29 is 22.7 Å². The molecule has 3 rings (SSSR count). The van der Waals surface area contributed by atoms with Crippen molar-refractivity contribution >= 4 is 15.9 Å². The van der Waals surface area contributed by atoms with Gasteiger partial charge >= 0.3 is 0 Å². The highest BCUT2D eigenvalue weighted by Crippen LogP contribution is 2.28. The zero-order valence-electron chi connectivity index (χ0n) is 14.9. The number of hydrogen-bond donors (Lipinski definition) is 2. The molecule has 9 heteroatoms. The van der Waals surface area contributed by atoms with Gasteiger partial charge in [0.25, 0.3) is 5.91 Å². The summed E-state index contributed by atoms with van der Waals surface area (Å²) in [6.45, 7) is 2.97. The Balaban J connectivity index is 1.84. The molecule has 1 aromatic carbocycles. The Kier molecular flexibility index (Phi) is 6.13. The van der Waals surface area contributed by atoms with E-state index >= 15 is 0 Å². The third-order valence-electron chi connectivity index (χ3n) is 4.65. The third-order valence-corrected chi connectivity index (χ3v) is 6.57. The van der Waals surface area contributed by atoms with Crippen LogP contribution in [0.4, 0.5) is 0 Å². The van der Waals surface area contributed by atoms with Gasteiger partial charge in [-0.15, -0.1) is 0 Å². The normalized spacial score (nSPS) is 22.0. The average molecular weight is 383 g/mol. The summed E-state index contributed by atoms with van der Waals surface area (Å²) >= 11 is 0. The Hall–Kier alpha value is -1.68. The predicted octanol–water partition coefficient (Wildman–Crippen LogP) is 0.198. The molecule has 2 saturated heterocycles. The second kappa shape index (κ2) is 8.34. The summed E-state index contributed by atoms with van der Waals surface area (Å²) in [7, 11) is -2.34. The van der Waals surface area contributed by atoms with Gasteiger partial charge in [0.2, 0.25) is 10.0 Å². The van der Waals surface area contributed by atoms with Crippen LogP contribution in [0.2, 0.25) is 0 Å². The summed E-state index contributed by atoms with van der Waals surface area (Å²) in [5.41, 5.74) is 0.309. The van der Waals surface area contributed by atoms with Gasteiger partial charge in [-0.2, -0.15) is 4.31 Å². The van der Waals surface area contributed by atoms with Gasteiger partial charge in [0.1, 0.15) is 10.6 Å². The van der Waals surface area contributed by atoms with E-state index in [4.69, 9.17) is 9.47 Å². The maximum absolute atomic E-state index is 13.0. The zero-order valence-corrected chi connectivity index (χ0v) is 15.7. The van der Waals surface area contributed by atoms with Gasteiger partial charge in [-0.05, 0) is 37.6 Å². The zero-order chi connectivity index (χ0) is 18.6. The molecule has 0 saturated carbocycles. The summed E-state index contributed by atoms with van der Waals surface area (Å²) < 4.78 is 37.8. The number of carbonyl (C=O) groups excluding carboxylic acids is 1. The monoisotopic (exact) mass is 383 g/mol. The van der Waals surface area contributed by atoms with E-state index < -0.39 is 10.0 Å². The van der Waals surface area contributed by atoms with Crippen LogP contribution in [0.3, 0.4) is 0 Å². The predicted molar refractivity (Wildman–Crippen MR) is 95.9 cm³/mol. The van der Waals surface area contributed by atoms with Crippen molar-refractivity contribution in [1.82, 2.24) is 14.9 Å². The largest absolute Gasteiger partial charge is 0.495 e. The number of rotatable bonds is 5. The van der Waals surface area contributed by atoms with E-state index in [0.29, 0.717) is 18.8 Å². The van der Waals surface area contributed by atoms with Crippen LogP contribution in [0, 0.1) is 0 Å². The minimum absolute atomic E-state index is 0.0105. The molecule has 2 aliphatic heterocycles. The van der Waals surface area contributed by atoms with E-state index in [2.05, 4.69) is 10.6 Å². The maximum Gasteiger partial charge on any atom is 0.251 e. The molecule has 0 aromatic heterocycles. The van der Waals surface area contributed by atoms with Crippen LogP contribution in [0.1, 0.15) is 23.2 Å². The second-order valence-corrected chi connectivity index (χ2v) is 8.31. The standard InChI is InChI=1S/C17H25N3O5S/c1-24-15-5-4-13(17(21)19-14-3-2-6-18-12-14)11-16(15)26(22,23)20-7-9-25-10-8-20/h4-5,11,14,18H,2-3,6-10,12H2,1H3,(H,19,21)/t14-/m0/s1. The highest BCUT2D eigenvalue weighted by Gasteiger charge is 2.30. The lowest BCUT2D eigenvalue weighted by Crippen LogP contribution is -2.45. The lowest BCUT2D eigenvalue weighted by molar-refractivity contribution is 0.0729. The quantitative estimate of drug-likeness (QED) is 0.754. The number of piperidine rings is 1. The number of nitrogens with one attached hydrogen (secondary N) is 2. The van der Waals surface area contributed by atoms with Crippen molar-refractivity contribution in [2.45, 2.75) is 23.8 Å². The van der Waals surface area contributed by atoms with Crippen LogP contribution in [-0.4, -0.2) is 71.2 Å². The van der Waals surface area contributed by atoms with E-state index in [1.807, 2.05) is 0 Å². The van der Waals surface area contributed by atoms with Gasteiger partial charge in [-0.1, -0.05) is 0 Å². The molecule has 1 amide bonds. The Morgan fingerprint density at radius 1 is 1.35 bits per heavy atom.